The van der Waals surface area contributed by atoms with Crippen LogP contribution in [0.5, 0.6) is 0 Å². The van der Waals surface area contributed by atoms with Gasteiger partial charge >= 0.3 is 5.97 Å². The average molecular weight is 972 g/mol. The number of cyclic esters (lactones) is 1. The molecule has 69 heavy (non-hydrogen) atoms. The maximum Gasteiger partial charge on any atom is 0.329 e. The first-order chi connectivity index (χ1) is 32.8. The molecule has 15 nitrogen and oxygen atoms in total. The van der Waals surface area contributed by atoms with Crippen molar-refractivity contribution in [1.82, 2.24) is 4.90 Å². The summed E-state index contributed by atoms with van der Waals surface area (Å²) < 4.78 is 35.8. The largest absolute Gasteiger partial charge is 0.460 e. The van der Waals surface area contributed by atoms with Crippen molar-refractivity contribution in [2.24, 2.45) is 35.5 Å². The van der Waals surface area contributed by atoms with Gasteiger partial charge < -0.3 is 48.6 Å². The number of methoxy groups -OCH3 is 3. The molecule has 1 aliphatic carbocycles. The van der Waals surface area contributed by atoms with Crippen LogP contribution >= 0.6 is 0 Å². The van der Waals surface area contributed by atoms with E-state index < -0.39 is 77.8 Å². The summed E-state index contributed by atoms with van der Waals surface area (Å²) in [7, 11) is 4.61. The number of aliphatic hydroxyl groups is 3. The van der Waals surface area contributed by atoms with E-state index in [4.69, 9.17) is 28.4 Å². The van der Waals surface area contributed by atoms with Crippen LogP contribution in [-0.4, -0.2) is 145 Å². The van der Waals surface area contributed by atoms with Gasteiger partial charge in [-0.15, -0.1) is 0 Å². The molecule has 0 aromatic rings. The SMILES string of the molecule is CO[C@H]1C[C@@H]2CC[C@@H](C)[C@@](O)(O2)C(=O)C(=O)N2CCCC[C@H]2C(=O)O[C@H]([C@H](C)C[C@H]2CC[C@@H](OCCCO)[C@H](OC)C2)CC(=O)[C@H](C)/C=C(\C)[C@@H](O)[C@@H](OC)C(=O)[C@H](C)C[C@H](C)\C=C/C=C/C=C/1C. The molecular weight excluding hydrogens is 887 g/mol. The Morgan fingerprint density at radius 1 is 0.855 bits per heavy atom. The fourth-order valence-electron chi connectivity index (χ4n) is 10.6. The molecule has 3 heterocycles. The second-order valence-corrected chi connectivity index (χ2v) is 20.5. The number of rotatable bonds is 10. The zero-order valence-corrected chi connectivity index (χ0v) is 43.1. The highest BCUT2D eigenvalue weighted by Gasteiger charge is 2.53. The minimum Gasteiger partial charge on any atom is -0.460 e. The maximum atomic E-state index is 14.5. The highest BCUT2D eigenvalue weighted by atomic mass is 16.6. The van der Waals surface area contributed by atoms with Crippen molar-refractivity contribution in [2.45, 2.75) is 186 Å². The third-order valence-electron chi connectivity index (χ3n) is 15.1. The van der Waals surface area contributed by atoms with Gasteiger partial charge in [0.15, 0.2) is 5.78 Å². The highest BCUT2D eigenvalue weighted by molar-refractivity contribution is 6.39. The molecule has 15 atom stereocenters. The summed E-state index contributed by atoms with van der Waals surface area (Å²) >= 11 is 0. The molecule has 2 bridgehead atoms. The van der Waals surface area contributed by atoms with Gasteiger partial charge in [0, 0.05) is 71.7 Å². The van der Waals surface area contributed by atoms with Crippen molar-refractivity contribution in [3.05, 3.63) is 47.6 Å². The number of fused-ring (bicyclic) bond motifs is 3. The molecule has 1 amide bonds. The van der Waals surface area contributed by atoms with E-state index in [0.29, 0.717) is 70.0 Å². The van der Waals surface area contributed by atoms with Gasteiger partial charge in [0.05, 0.1) is 24.4 Å². The third-order valence-corrected chi connectivity index (χ3v) is 15.1. The molecule has 4 rings (SSSR count). The van der Waals surface area contributed by atoms with Crippen LogP contribution in [0.1, 0.15) is 132 Å². The van der Waals surface area contributed by atoms with Gasteiger partial charge in [0.2, 0.25) is 5.79 Å². The summed E-state index contributed by atoms with van der Waals surface area (Å²) in [5, 5.41) is 32.7. The third kappa shape index (κ3) is 16.0. The predicted octanol–water partition coefficient (Wildman–Crippen LogP) is 6.59. The Morgan fingerprint density at radius 2 is 1.59 bits per heavy atom. The Kier molecular flexibility index (Phi) is 23.6. The molecule has 0 radical (unpaired) electrons. The first-order valence-electron chi connectivity index (χ1n) is 25.5. The molecule has 3 aliphatic heterocycles. The first-order valence-corrected chi connectivity index (χ1v) is 25.5. The van der Waals surface area contributed by atoms with E-state index in [1.165, 1.54) is 12.0 Å². The van der Waals surface area contributed by atoms with Crippen LogP contribution in [0, 0.1) is 35.5 Å². The Morgan fingerprint density at radius 3 is 2.28 bits per heavy atom. The number of ether oxygens (including phenoxy) is 6. The second-order valence-electron chi connectivity index (χ2n) is 20.5. The molecule has 4 aliphatic rings. The van der Waals surface area contributed by atoms with Crippen LogP contribution in [0.4, 0.5) is 0 Å². The highest BCUT2D eigenvalue weighted by Crippen LogP contribution is 2.38. The molecule has 0 aromatic carbocycles. The number of ketones is 3. The first kappa shape index (κ1) is 58.2. The van der Waals surface area contributed by atoms with Gasteiger partial charge in [-0.05, 0) is 113 Å². The summed E-state index contributed by atoms with van der Waals surface area (Å²) in [5.74, 6) is -7.92. The summed E-state index contributed by atoms with van der Waals surface area (Å²) in [6.45, 7) is 13.3. The standard InChI is InChI=1S/C54H85NO14/c1-33-17-12-11-13-18-34(2)45(64-8)31-41-22-20-39(7)54(63,69-41)51(60)52(61)55-24-15-14-19-42(55)53(62)68-46(36(4)29-40-21-23-44(47(30-40)65-9)67-26-16-25-56)32-43(57)35(3)28-38(6)49(59)50(66-10)48(58)37(5)27-33/h11-13,17-18,28,33,35-37,39-42,44-47,49-50,56,59,63H,14-16,19-27,29-32H2,1-10H3/b13-11+,17-12-,34-18+,38-28+/t33-,35-,36-,37-,39-,40-,41+,42+,44-,45+,46+,47-,49-,50+,54-/m1/s1. The molecule has 0 spiro atoms. The van der Waals surface area contributed by atoms with Crippen molar-refractivity contribution in [1.29, 1.82) is 0 Å². The lowest BCUT2D eigenvalue weighted by Crippen LogP contribution is -2.61. The van der Waals surface area contributed by atoms with Gasteiger partial charge in [-0.3, -0.25) is 19.2 Å². The molecule has 2 saturated heterocycles. The van der Waals surface area contributed by atoms with E-state index in [1.807, 2.05) is 58.1 Å². The van der Waals surface area contributed by atoms with Gasteiger partial charge in [0.25, 0.3) is 11.7 Å². The van der Waals surface area contributed by atoms with Crippen LogP contribution in [0.3, 0.4) is 0 Å². The minimum absolute atomic E-state index is 0.0163. The number of allylic oxidation sites excluding steroid dienone is 6. The Hall–Kier alpha value is -3.41. The summed E-state index contributed by atoms with van der Waals surface area (Å²) in [6, 6.07) is -1.14. The molecule has 3 N–H and O–H groups in total. The summed E-state index contributed by atoms with van der Waals surface area (Å²) in [4.78, 5) is 72.2. The quantitative estimate of drug-likeness (QED) is 0.0916. The summed E-state index contributed by atoms with van der Waals surface area (Å²) in [5.41, 5.74) is 1.27. The molecule has 0 aromatic heterocycles. The van der Waals surface area contributed by atoms with E-state index in [-0.39, 0.29) is 67.5 Å². The zero-order chi connectivity index (χ0) is 51.0. The van der Waals surface area contributed by atoms with E-state index in [1.54, 1.807) is 41.1 Å². The minimum atomic E-state index is -2.43. The van der Waals surface area contributed by atoms with Crippen LogP contribution in [0.2, 0.25) is 0 Å². The number of carbonyl (C=O) groups excluding carboxylic acids is 5. The monoisotopic (exact) mass is 972 g/mol. The number of hydrogen-bond acceptors (Lipinski definition) is 14. The second kappa shape index (κ2) is 28.0. The molecule has 390 valence electrons. The lowest BCUT2D eigenvalue weighted by molar-refractivity contribution is -0.265. The van der Waals surface area contributed by atoms with Crippen molar-refractivity contribution in [2.75, 3.05) is 41.1 Å². The van der Waals surface area contributed by atoms with Gasteiger partial charge in [0.1, 0.15) is 30.1 Å². The number of piperidine rings is 1. The van der Waals surface area contributed by atoms with Gasteiger partial charge in [-0.2, -0.15) is 0 Å². The number of nitrogens with zero attached hydrogens (tertiary/aromatic N) is 1. The van der Waals surface area contributed by atoms with Crippen LogP contribution in [-0.2, 0) is 52.4 Å². The normalized spacial score (nSPS) is 38.8. The van der Waals surface area contributed by atoms with Crippen LogP contribution < -0.4 is 0 Å². The van der Waals surface area contributed by atoms with E-state index in [2.05, 4.69) is 0 Å². The lowest BCUT2D eigenvalue weighted by Gasteiger charge is -2.42. The molecule has 0 unspecified atom stereocenters. The average Bonchev–Trinajstić information content (AvgIpc) is 3.33. The van der Waals surface area contributed by atoms with Crippen molar-refractivity contribution >= 4 is 29.2 Å². The number of amides is 1. The Labute approximate surface area is 411 Å². The van der Waals surface area contributed by atoms with Crippen molar-refractivity contribution < 1.29 is 67.7 Å². The lowest BCUT2D eigenvalue weighted by atomic mass is 9.78. The topological polar surface area (TPSA) is 205 Å². The summed E-state index contributed by atoms with van der Waals surface area (Å²) in [6.07, 6.45) is 12.7. The Bertz CT molecular complexity index is 1830. The van der Waals surface area contributed by atoms with Gasteiger partial charge in [-0.1, -0.05) is 71.1 Å². The van der Waals surface area contributed by atoms with Crippen LogP contribution in [0.25, 0.3) is 0 Å². The van der Waals surface area contributed by atoms with Crippen molar-refractivity contribution in [3.63, 3.8) is 0 Å². The molecule has 3 fully saturated rings. The fraction of sp³-hybridized carbons (Fsp3) is 0.759. The number of aliphatic hydroxyl groups excluding tert-OH is 2. The van der Waals surface area contributed by atoms with E-state index in [9.17, 15) is 39.3 Å². The molecule has 15 heteroatoms. The molecular formula is C54H85NO14. The predicted molar refractivity (Wildman–Crippen MR) is 261 cm³/mol. The van der Waals surface area contributed by atoms with Crippen molar-refractivity contribution in [3.8, 4) is 0 Å². The van der Waals surface area contributed by atoms with Crippen LogP contribution in [0.15, 0.2) is 47.6 Å². The Balaban J connectivity index is 1.69. The maximum absolute atomic E-state index is 14.5. The zero-order valence-electron chi connectivity index (χ0n) is 43.1. The smallest absolute Gasteiger partial charge is 0.329 e. The van der Waals surface area contributed by atoms with E-state index in [0.717, 1.165) is 18.4 Å². The fourth-order valence-corrected chi connectivity index (χ4v) is 10.6. The number of esters is 1. The number of Topliss-reactive ketones (excluding diaryl/α,β-unsaturated/α-hetero) is 3. The molecule has 1 saturated carbocycles. The van der Waals surface area contributed by atoms with E-state index >= 15 is 0 Å². The number of hydrogen-bond donors (Lipinski definition) is 3. The van der Waals surface area contributed by atoms with Gasteiger partial charge in [-0.25, -0.2) is 4.79 Å². The number of carbonyl (C=O) groups is 5.